The molecule has 0 spiro atoms. The Kier molecular flexibility index (Phi) is 8.25. The fourth-order valence-corrected chi connectivity index (χ4v) is 3.16. The van der Waals surface area contributed by atoms with Crippen LogP contribution in [0.1, 0.15) is 56.8 Å². The molecule has 7 nitrogen and oxygen atoms in total. The smallest absolute Gasteiger partial charge is 0.226 e. The summed E-state index contributed by atoms with van der Waals surface area (Å²) in [6.07, 6.45) is 11.4. The molecule has 0 saturated carbocycles. The molecule has 0 radical (unpaired) electrons. The van der Waals surface area contributed by atoms with Crippen molar-refractivity contribution in [3.63, 3.8) is 0 Å². The summed E-state index contributed by atoms with van der Waals surface area (Å²) >= 11 is 0. The second-order valence-corrected chi connectivity index (χ2v) is 7.22. The van der Waals surface area contributed by atoms with Crippen molar-refractivity contribution in [2.24, 2.45) is 0 Å². The molecule has 1 aromatic carbocycles. The zero-order valence-electron chi connectivity index (χ0n) is 17.4. The van der Waals surface area contributed by atoms with Gasteiger partial charge in [-0.15, -0.1) is 5.10 Å². The van der Waals surface area contributed by atoms with E-state index in [9.17, 15) is 0 Å². The molecule has 0 bridgehead atoms. The van der Waals surface area contributed by atoms with E-state index in [1.165, 1.54) is 32.1 Å². The molecule has 29 heavy (non-hydrogen) atoms. The maximum Gasteiger partial charge on any atom is 0.226 e. The van der Waals surface area contributed by atoms with Crippen LogP contribution < -0.4 is 10.1 Å². The number of rotatable bonds is 13. The minimum absolute atomic E-state index is 0.606. The fraction of sp³-hybridized carbons (Fsp3) is 0.500. The predicted octanol–water partition coefficient (Wildman–Crippen LogP) is 4.59. The zero-order chi connectivity index (χ0) is 20.3. The van der Waals surface area contributed by atoms with Gasteiger partial charge in [0.2, 0.25) is 5.89 Å². The van der Waals surface area contributed by atoms with E-state index in [2.05, 4.69) is 27.5 Å². The second-order valence-electron chi connectivity index (χ2n) is 7.22. The Hall–Kier alpha value is -2.67. The van der Waals surface area contributed by atoms with E-state index in [0.29, 0.717) is 19.0 Å². The number of hydrogen-bond acceptors (Lipinski definition) is 6. The van der Waals surface area contributed by atoms with Crippen LogP contribution in [0.3, 0.4) is 0 Å². The van der Waals surface area contributed by atoms with Crippen molar-refractivity contribution in [2.45, 2.75) is 65.1 Å². The molecular formula is C22H31N5O2. The summed E-state index contributed by atoms with van der Waals surface area (Å²) in [5, 5.41) is 11.8. The third-order valence-corrected chi connectivity index (χ3v) is 4.83. The number of benzene rings is 1. The van der Waals surface area contributed by atoms with Crippen molar-refractivity contribution in [3.8, 4) is 17.2 Å². The number of methoxy groups -OCH3 is 1. The van der Waals surface area contributed by atoms with Crippen LogP contribution in [0, 0.1) is 0 Å². The van der Waals surface area contributed by atoms with E-state index < -0.39 is 0 Å². The van der Waals surface area contributed by atoms with E-state index in [4.69, 9.17) is 9.15 Å². The van der Waals surface area contributed by atoms with Crippen LogP contribution in [-0.2, 0) is 19.6 Å². The van der Waals surface area contributed by atoms with Crippen molar-refractivity contribution in [2.75, 3.05) is 7.11 Å². The summed E-state index contributed by atoms with van der Waals surface area (Å²) in [6, 6.07) is 7.66. The van der Waals surface area contributed by atoms with E-state index in [1.807, 2.05) is 35.1 Å². The lowest BCUT2D eigenvalue weighted by Crippen LogP contribution is -2.13. The van der Waals surface area contributed by atoms with Gasteiger partial charge in [0.15, 0.2) is 0 Å². The number of nitrogens with one attached hydrogen (secondary N) is 1. The first-order valence-electron chi connectivity index (χ1n) is 10.5. The van der Waals surface area contributed by atoms with Gasteiger partial charge in [0.25, 0.3) is 0 Å². The van der Waals surface area contributed by atoms with E-state index in [0.717, 1.165) is 35.7 Å². The van der Waals surface area contributed by atoms with Gasteiger partial charge in [-0.2, -0.15) is 0 Å². The number of aryl methyl sites for hydroxylation is 1. The Morgan fingerprint density at radius 1 is 1.00 bits per heavy atom. The van der Waals surface area contributed by atoms with Crippen LogP contribution in [0.4, 0.5) is 0 Å². The first-order valence-corrected chi connectivity index (χ1v) is 10.5. The number of oxazole rings is 1. The molecule has 7 heteroatoms. The lowest BCUT2D eigenvalue weighted by Gasteiger charge is -2.01. The normalized spacial score (nSPS) is 11.1. The topological polar surface area (TPSA) is 78.0 Å². The van der Waals surface area contributed by atoms with Gasteiger partial charge in [-0.05, 0) is 30.7 Å². The van der Waals surface area contributed by atoms with Crippen LogP contribution >= 0.6 is 0 Å². The van der Waals surface area contributed by atoms with Gasteiger partial charge in [0.05, 0.1) is 18.5 Å². The second kappa shape index (κ2) is 11.4. The largest absolute Gasteiger partial charge is 0.497 e. The molecule has 0 atom stereocenters. The molecule has 0 aliphatic rings. The number of hydrogen-bond donors (Lipinski definition) is 1. The van der Waals surface area contributed by atoms with Gasteiger partial charge in [-0.25, -0.2) is 4.98 Å². The summed E-state index contributed by atoms with van der Waals surface area (Å²) in [5.74, 6) is 1.42. The highest BCUT2D eigenvalue weighted by atomic mass is 16.5. The Labute approximate surface area is 172 Å². The highest BCUT2D eigenvalue weighted by Crippen LogP contribution is 2.21. The minimum Gasteiger partial charge on any atom is -0.497 e. The number of nitrogens with zero attached hydrogens (tertiary/aromatic N) is 4. The molecule has 2 heterocycles. The average Bonchev–Trinajstić information content (AvgIpc) is 3.41. The maximum absolute atomic E-state index is 5.59. The van der Waals surface area contributed by atoms with Gasteiger partial charge >= 0.3 is 0 Å². The highest BCUT2D eigenvalue weighted by molar-refractivity contribution is 5.54. The molecule has 0 fully saturated rings. The van der Waals surface area contributed by atoms with Gasteiger partial charge in [-0.1, -0.05) is 44.2 Å². The molecule has 0 saturated heterocycles. The first-order chi connectivity index (χ1) is 14.3. The molecule has 156 valence electrons. The van der Waals surface area contributed by atoms with Crippen molar-refractivity contribution >= 4 is 0 Å². The van der Waals surface area contributed by atoms with Crippen LogP contribution in [-0.4, -0.2) is 27.1 Å². The fourth-order valence-electron chi connectivity index (χ4n) is 3.16. The molecular weight excluding hydrogens is 366 g/mol. The minimum atomic E-state index is 0.606. The van der Waals surface area contributed by atoms with Crippen LogP contribution in [0.5, 0.6) is 5.75 Å². The van der Waals surface area contributed by atoms with E-state index in [1.54, 1.807) is 13.4 Å². The van der Waals surface area contributed by atoms with Crippen LogP contribution in [0.25, 0.3) is 11.5 Å². The van der Waals surface area contributed by atoms with Gasteiger partial charge in [-0.3, -0.25) is 4.68 Å². The molecule has 0 aliphatic carbocycles. The van der Waals surface area contributed by atoms with Gasteiger partial charge < -0.3 is 14.5 Å². The average molecular weight is 398 g/mol. The predicted molar refractivity (Wildman–Crippen MR) is 112 cm³/mol. The molecule has 1 N–H and O–H groups in total. The summed E-state index contributed by atoms with van der Waals surface area (Å²) in [7, 11) is 1.65. The van der Waals surface area contributed by atoms with Crippen molar-refractivity contribution in [1.82, 2.24) is 25.3 Å². The maximum atomic E-state index is 5.59. The summed E-state index contributed by atoms with van der Waals surface area (Å²) in [4.78, 5) is 4.53. The van der Waals surface area contributed by atoms with Crippen LogP contribution in [0.15, 0.2) is 41.1 Å². The van der Waals surface area contributed by atoms with Gasteiger partial charge in [0.1, 0.15) is 12.0 Å². The lowest BCUT2D eigenvalue weighted by molar-refractivity contribution is 0.415. The molecule has 0 amide bonds. The highest BCUT2D eigenvalue weighted by Gasteiger charge is 2.07. The SMILES string of the molecule is CCCCCCCCn1cc(CNCc2coc(-c3ccc(OC)cc3)n2)nn1. The summed E-state index contributed by atoms with van der Waals surface area (Å²) in [6.45, 7) is 4.45. The lowest BCUT2D eigenvalue weighted by atomic mass is 10.1. The van der Waals surface area contributed by atoms with Crippen molar-refractivity contribution < 1.29 is 9.15 Å². The molecule has 3 rings (SSSR count). The van der Waals surface area contributed by atoms with E-state index in [-0.39, 0.29) is 0 Å². The quantitative estimate of drug-likeness (QED) is 0.425. The third kappa shape index (κ3) is 6.71. The standard InChI is InChI=1S/C22H31N5O2/c1-3-4-5-6-7-8-13-27-16-19(25-26-27)14-23-15-20-17-29-22(24-20)18-9-11-21(28-2)12-10-18/h9-12,16-17,23H,3-8,13-15H2,1-2H3. The van der Waals surface area contributed by atoms with Crippen molar-refractivity contribution in [3.05, 3.63) is 48.1 Å². The Balaban J connectivity index is 1.38. The monoisotopic (exact) mass is 397 g/mol. The Morgan fingerprint density at radius 3 is 2.55 bits per heavy atom. The number of aromatic nitrogens is 4. The van der Waals surface area contributed by atoms with Crippen molar-refractivity contribution in [1.29, 1.82) is 0 Å². The summed E-state index contributed by atoms with van der Waals surface area (Å²) in [5.41, 5.74) is 2.72. The Morgan fingerprint density at radius 2 is 1.76 bits per heavy atom. The Bertz CT molecular complexity index is 841. The third-order valence-electron chi connectivity index (χ3n) is 4.83. The number of ether oxygens (including phenoxy) is 1. The summed E-state index contributed by atoms with van der Waals surface area (Å²) < 4.78 is 12.7. The molecule has 0 aliphatic heterocycles. The number of unbranched alkanes of at least 4 members (excludes halogenated alkanes) is 5. The van der Waals surface area contributed by atoms with Crippen LogP contribution in [0.2, 0.25) is 0 Å². The zero-order valence-corrected chi connectivity index (χ0v) is 17.4. The first kappa shape index (κ1) is 21.0. The van der Waals surface area contributed by atoms with E-state index >= 15 is 0 Å². The molecule has 2 aromatic heterocycles. The molecule has 3 aromatic rings. The molecule has 0 unspecified atom stereocenters. The van der Waals surface area contributed by atoms with Gasteiger partial charge in [0, 0.05) is 31.4 Å².